The molecule has 0 fully saturated rings. The molecule has 7 heteroatoms. The number of para-hydroxylation sites is 3. The maximum atomic E-state index is 11.4. The van der Waals surface area contributed by atoms with Crippen molar-refractivity contribution in [1.82, 2.24) is 4.57 Å². The molecule has 0 aliphatic rings. The van der Waals surface area contributed by atoms with E-state index in [0.29, 0.717) is 16.6 Å². The molecule has 0 saturated heterocycles. The molecular weight excluding hydrogens is 300 g/mol. The van der Waals surface area contributed by atoms with Gasteiger partial charge in [0, 0.05) is 11.5 Å². The number of hydrogen-bond acceptors (Lipinski definition) is 5. The van der Waals surface area contributed by atoms with E-state index < -0.39 is 11.1 Å². The van der Waals surface area contributed by atoms with Crippen molar-refractivity contribution in [2.45, 2.75) is 0 Å². The van der Waals surface area contributed by atoms with Crippen LogP contribution in [0.2, 0.25) is 0 Å². The molecular formula is C16H12N2O5. The lowest BCUT2D eigenvalue weighted by Gasteiger charge is -2.05. The number of fused-ring (bicyclic) bond motifs is 1. The maximum absolute atomic E-state index is 11.4. The highest BCUT2D eigenvalue weighted by atomic mass is 16.7. The van der Waals surface area contributed by atoms with Gasteiger partial charge in [0.1, 0.15) is 5.69 Å². The zero-order valence-electron chi connectivity index (χ0n) is 12.1. The Morgan fingerprint density at radius 3 is 2.57 bits per heavy atom. The first-order valence-electron chi connectivity index (χ1n) is 6.71. The molecule has 0 N–H and O–H groups in total. The van der Waals surface area contributed by atoms with Gasteiger partial charge < -0.3 is 14.0 Å². The molecule has 3 rings (SSSR count). The second kappa shape index (κ2) is 5.80. The highest BCUT2D eigenvalue weighted by molar-refractivity contribution is 5.90. The van der Waals surface area contributed by atoms with Crippen LogP contribution in [0.5, 0.6) is 5.75 Å². The Kier molecular flexibility index (Phi) is 3.68. The molecule has 0 atom stereocenters. The summed E-state index contributed by atoms with van der Waals surface area (Å²) in [4.78, 5) is 22.2. The molecule has 3 aromatic rings. The fourth-order valence-electron chi connectivity index (χ4n) is 2.38. The van der Waals surface area contributed by atoms with Crippen LogP contribution in [0.1, 0.15) is 0 Å². The number of carbonyl (C=O) groups is 1. The molecule has 1 heterocycles. The third kappa shape index (κ3) is 2.59. The van der Waals surface area contributed by atoms with Crippen LogP contribution in [-0.2, 0) is 4.74 Å². The molecule has 0 aliphatic carbocycles. The number of carbonyl (C=O) groups excluding carboxylic acids is 1. The molecule has 116 valence electrons. The number of methoxy groups -OCH3 is 1. The Hall–Kier alpha value is -3.35. The van der Waals surface area contributed by atoms with Crippen molar-refractivity contribution in [3.05, 3.63) is 64.8 Å². The second-order valence-corrected chi connectivity index (χ2v) is 4.68. The van der Waals surface area contributed by atoms with E-state index in [1.807, 2.05) is 0 Å². The molecule has 0 unspecified atom stereocenters. The topological polar surface area (TPSA) is 83.6 Å². The van der Waals surface area contributed by atoms with Crippen molar-refractivity contribution >= 4 is 22.7 Å². The smallest absolute Gasteiger partial charge is 0.437 e. The van der Waals surface area contributed by atoms with E-state index in [9.17, 15) is 14.9 Å². The summed E-state index contributed by atoms with van der Waals surface area (Å²) in [6.07, 6.45) is 0.680. The zero-order valence-corrected chi connectivity index (χ0v) is 12.1. The van der Waals surface area contributed by atoms with Crippen molar-refractivity contribution in [2.75, 3.05) is 7.11 Å². The lowest BCUT2D eigenvalue weighted by atomic mass is 10.2. The minimum atomic E-state index is -0.851. The lowest BCUT2D eigenvalue weighted by Crippen LogP contribution is -2.06. The van der Waals surface area contributed by atoms with Gasteiger partial charge in [-0.25, -0.2) is 4.79 Å². The third-order valence-corrected chi connectivity index (χ3v) is 3.37. The van der Waals surface area contributed by atoms with Crippen LogP contribution < -0.4 is 4.74 Å². The Balaban J connectivity index is 2.23. The van der Waals surface area contributed by atoms with E-state index in [4.69, 9.17) is 4.74 Å². The van der Waals surface area contributed by atoms with Gasteiger partial charge in [-0.15, -0.1) is 0 Å². The second-order valence-electron chi connectivity index (χ2n) is 4.68. The van der Waals surface area contributed by atoms with Crippen molar-refractivity contribution in [3.8, 4) is 11.4 Å². The predicted octanol–water partition coefficient (Wildman–Crippen LogP) is 3.68. The van der Waals surface area contributed by atoms with Crippen molar-refractivity contribution < 1.29 is 19.2 Å². The monoisotopic (exact) mass is 312 g/mol. The van der Waals surface area contributed by atoms with E-state index in [-0.39, 0.29) is 11.4 Å². The normalized spacial score (nSPS) is 10.5. The van der Waals surface area contributed by atoms with E-state index >= 15 is 0 Å². The average molecular weight is 312 g/mol. The van der Waals surface area contributed by atoms with Crippen LogP contribution in [0.25, 0.3) is 16.6 Å². The van der Waals surface area contributed by atoms with Crippen LogP contribution in [0.15, 0.2) is 54.7 Å². The standard InChI is InChI=1S/C16H12N2O5/c1-22-16(19)23-15-10-17(12-7-3-2-6-11(12)15)13-8-4-5-9-14(13)18(20)21/h2-10H,1H3. The summed E-state index contributed by atoms with van der Waals surface area (Å²) in [6, 6.07) is 13.5. The average Bonchev–Trinajstić information content (AvgIpc) is 2.93. The first-order valence-corrected chi connectivity index (χ1v) is 6.71. The van der Waals surface area contributed by atoms with Gasteiger partial charge in [-0.1, -0.05) is 24.3 Å². The molecule has 0 spiro atoms. The molecule has 0 aliphatic heterocycles. The number of nitro groups is 1. The largest absolute Gasteiger partial charge is 0.513 e. The van der Waals surface area contributed by atoms with Crippen LogP contribution >= 0.6 is 0 Å². The van der Waals surface area contributed by atoms with E-state index in [0.717, 1.165) is 0 Å². The number of nitro benzene ring substituents is 1. The molecule has 0 saturated carbocycles. The van der Waals surface area contributed by atoms with Gasteiger partial charge in [-0.3, -0.25) is 10.1 Å². The van der Waals surface area contributed by atoms with Crippen LogP contribution in [-0.4, -0.2) is 22.8 Å². The Morgan fingerprint density at radius 1 is 1.13 bits per heavy atom. The summed E-state index contributed by atoms with van der Waals surface area (Å²) in [5, 5.41) is 11.9. The summed E-state index contributed by atoms with van der Waals surface area (Å²) < 4.78 is 11.2. The molecule has 1 aromatic heterocycles. The Morgan fingerprint density at radius 2 is 1.83 bits per heavy atom. The summed E-state index contributed by atoms with van der Waals surface area (Å²) in [5.41, 5.74) is 1.02. The maximum Gasteiger partial charge on any atom is 0.513 e. The highest BCUT2D eigenvalue weighted by Gasteiger charge is 2.19. The van der Waals surface area contributed by atoms with Gasteiger partial charge >= 0.3 is 6.16 Å². The summed E-state index contributed by atoms with van der Waals surface area (Å²) in [5.74, 6) is 0.269. The van der Waals surface area contributed by atoms with Gasteiger partial charge in [0.25, 0.3) is 5.69 Å². The predicted molar refractivity (Wildman–Crippen MR) is 83.0 cm³/mol. The minimum Gasteiger partial charge on any atom is -0.437 e. The first kappa shape index (κ1) is 14.6. The summed E-state index contributed by atoms with van der Waals surface area (Å²) >= 11 is 0. The first-order chi connectivity index (χ1) is 11.1. The summed E-state index contributed by atoms with van der Waals surface area (Å²) in [7, 11) is 1.21. The molecule has 23 heavy (non-hydrogen) atoms. The number of rotatable bonds is 3. The van der Waals surface area contributed by atoms with Crippen molar-refractivity contribution in [2.24, 2.45) is 0 Å². The van der Waals surface area contributed by atoms with Gasteiger partial charge in [0.15, 0.2) is 5.75 Å². The fourth-order valence-corrected chi connectivity index (χ4v) is 2.38. The van der Waals surface area contributed by atoms with E-state index in [1.165, 1.54) is 19.4 Å². The van der Waals surface area contributed by atoms with E-state index in [2.05, 4.69) is 4.74 Å². The van der Waals surface area contributed by atoms with Gasteiger partial charge in [0.2, 0.25) is 0 Å². The number of aromatic nitrogens is 1. The Bertz CT molecular complexity index is 900. The minimum absolute atomic E-state index is 0.0436. The van der Waals surface area contributed by atoms with Gasteiger partial charge in [-0.2, -0.15) is 0 Å². The van der Waals surface area contributed by atoms with Crippen LogP contribution in [0.3, 0.4) is 0 Å². The molecule has 0 bridgehead atoms. The van der Waals surface area contributed by atoms with Gasteiger partial charge in [0.05, 0.1) is 23.7 Å². The third-order valence-electron chi connectivity index (χ3n) is 3.37. The van der Waals surface area contributed by atoms with Gasteiger partial charge in [-0.05, 0) is 18.2 Å². The Labute approximate surface area is 130 Å². The number of benzene rings is 2. The van der Waals surface area contributed by atoms with E-state index in [1.54, 1.807) is 47.0 Å². The van der Waals surface area contributed by atoms with Crippen LogP contribution in [0, 0.1) is 10.1 Å². The molecule has 2 aromatic carbocycles. The number of ether oxygens (including phenoxy) is 2. The summed E-state index contributed by atoms with van der Waals surface area (Å²) in [6.45, 7) is 0. The van der Waals surface area contributed by atoms with Crippen LogP contribution in [0.4, 0.5) is 10.5 Å². The SMILES string of the molecule is COC(=O)Oc1cn(-c2ccccc2[N+](=O)[O-])c2ccccc12. The number of hydrogen-bond donors (Lipinski definition) is 0. The zero-order chi connectivity index (χ0) is 16.4. The van der Waals surface area contributed by atoms with Crippen molar-refractivity contribution in [1.29, 1.82) is 0 Å². The molecule has 0 radical (unpaired) electrons. The highest BCUT2D eigenvalue weighted by Crippen LogP contribution is 2.33. The van der Waals surface area contributed by atoms with Crippen molar-refractivity contribution in [3.63, 3.8) is 0 Å². The molecule has 7 nitrogen and oxygen atoms in total. The quantitative estimate of drug-likeness (QED) is 0.418. The lowest BCUT2D eigenvalue weighted by molar-refractivity contribution is -0.384. The number of nitrogens with zero attached hydrogens (tertiary/aromatic N) is 2. The molecule has 0 amide bonds. The fraction of sp³-hybridized carbons (Fsp3) is 0.0625.